The van der Waals surface area contributed by atoms with Crippen molar-refractivity contribution in [2.24, 2.45) is 0 Å². The normalized spacial score (nSPS) is 12.4. The van der Waals surface area contributed by atoms with Crippen LogP contribution < -0.4 is 10.6 Å². The SMILES string of the molecule is CCNCCC(=O)NC(C)Cc1cccs1. The van der Waals surface area contributed by atoms with Crippen LogP contribution in [0.4, 0.5) is 0 Å². The lowest BCUT2D eigenvalue weighted by Crippen LogP contribution is -2.35. The summed E-state index contributed by atoms with van der Waals surface area (Å²) in [5, 5.41) is 8.21. The number of hydrogen-bond donors (Lipinski definition) is 2. The highest BCUT2D eigenvalue weighted by Gasteiger charge is 2.07. The molecule has 0 saturated carbocycles. The summed E-state index contributed by atoms with van der Waals surface area (Å²) < 4.78 is 0. The third-order valence-electron chi connectivity index (χ3n) is 2.27. The van der Waals surface area contributed by atoms with Crippen LogP contribution in [0.5, 0.6) is 0 Å². The van der Waals surface area contributed by atoms with Crippen molar-refractivity contribution in [3.05, 3.63) is 22.4 Å². The number of rotatable bonds is 7. The van der Waals surface area contributed by atoms with E-state index in [2.05, 4.69) is 22.1 Å². The predicted octanol–water partition coefficient (Wildman–Crippen LogP) is 1.79. The average Bonchev–Trinajstić information content (AvgIpc) is 2.70. The molecule has 1 atom stereocenters. The standard InChI is InChI=1S/C12H20N2OS/c1-3-13-7-6-12(15)14-10(2)9-11-5-4-8-16-11/h4-5,8,10,13H,3,6-7,9H2,1-2H3,(H,14,15). The highest BCUT2D eigenvalue weighted by molar-refractivity contribution is 7.09. The first-order valence-corrected chi connectivity index (χ1v) is 6.62. The molecule has 1 aromatic rings. The Balaban J connectivity index is 2.18. The minimum atomic E-state index is 0.130. The van der Waals surface area contributed by atoms with E-state index >= 15 is 0 Å². The van der Waals surface area contributed by atoms with Crippen LogP contribution >= 0.6 is 11.3 Å². The van der Waals surface area contributed by atoms with Gasteiger partial charge in [-0.2, -0.15) is 0 Å². The van der Waals surface area contributed by atoms with Crippen LogP contribution in [0.15, 0.2) is 17.5 Å². The smallest absolute Gasteiger partial charge is 0.221 e. The Kier molecular flexibility index (Phi) is 6.11. The molecule has 90 valence electrons. The van der Waals surface area contributed by atoms with Gasteiger partial charge < -0.3 is 10.6 Å². The van der Waals surface area contributed by atoms with Crippen LogP contribution in [-0.2, 0) is 11.2 Å². The van der Waals surface area contributed by atoms with Crippen LogP contribution in [0.2, 0.25) is 0 Å². The van der Waals surface area contributed by atoms with E-state index in [1.165, 1.54) is 4.88 Å². The van der Waals surface area contributed by atoms with Crippen molar-refractivity contribution in [2.45, 2.75) is 32.7 Å². The van der Waals surface area contributed by atoms with E-state index in [1.54, 1.807) is 11.3 Å². The first-order valence-electron chi connectivity index (χ1n) is 5.74. The zero-order chi connectivity index (χ0) is 11.8. The van der Waals surface area contributed by atoms with Crippen LogP contribution in [0, 0.1) is 0 Å². The molecule has 3 nitrogen and oxygen atoms in total. The summed E-state index contributed by atoms with van der Waals surface area (Å²) in [6, 6.07) is 4.36. The second-order valence-corrected chi connectivity index (χ2v) is 4.89. The molecule has 1 aromatic heterocycles. The maximum atomic E-state index is 11.5. The summed E-state index contributed by atoms with van der Waals surface area (Å²) in [6.07, 6.45) is 1.48. The van der Waals surface area contributed by atoms with Crippen LogP contribution in [0.25, 0.3) is 0 Å². The first-order chi connectivity index (χ1) is 7.72. The minimum Gasteiger partial charge on any atom is -0.353 e. The number of carbonyl (C=O) groups is 1. The van der Waals surface area contributed by atoms with Crippen LogP contribution in [0.3, 0.4) is 0 Å². The van der Waals surface area contributed by atoms with E-state index in [9.17, 15) is 4.79 Å². The Labute approximate surface area is 101 Å². The Morgan fingerprint density at radius 2 is 2.38 bits per heavy atom. The Morgan fingerprint density at radius 3 is 3.00 bits per heavy atom. The molecular weight excluding hydrogens is 220 g/mol. The molecule has 0 aromatic carbocycles. The molecule has 1 rings (SSSR count). The molecule has 0 bridgehead atoms. The summed E-state index contributed by atoms with van der Waals surface area (Å²) in [4.78, 5) is 12.8. The average molecular weight is 240 g/mol. The molecule has 0 fully saturated rings. The van der Waals surface area contributed by atoms with Gasteiger partial charge in [0.15, 0.2) is 0 Å². The van der Waals surface area contributed by atoms with Gasteiger partial charge in [0.25, 0.3) is 0 Å². The second-order valence-electron chi connectivity index (χ2n) is 3.86. The molecule has 1 amide bonds. The van der Waals surface area contributed by atoms with Crippen molar-refractivity contribution in [3.63, 3.8) is 0 Å². The fourth-order valence-corrected chi connectivity index (χ4v) is 2.34. The topological polar surface area (TPSA) is 41.1 Å². The molecule has 0 radical (unpaired) electrons. The molecule has 0 spiro atoms. The third-order valence-corrected chi connectivity index (χ3v) is 3.17. The van der Waals surface area contributed by atoms with Gasteiger partial charge in [0.2, 0.25) is 5.91 Å². The van der Waals surface area contributed by atoms with Gasteiger partial charge in [-0.25, -0.2) is 0 Å². The van der Waals surface area contributed by atoms with Crippen molar-refractivity contribution >= 4 is 17.2 Å². The maximum Gasteiger partial charge on any atom is 0.221 e. The van der Waals surface area contributed by atoms with Crippen molar-refractivity contribution in [1.29, 1.82) is 0 Å². The zero-order valence-corrected chi connectivity index (χ0v) is 10.8. The van der Waals surface area contributed by atoms with E-state index in [0.29, 0.717) is 6.42 Å². The zero-order valence-electron chi connectivity index (χ0n) is 9.95. The molecule has 0 saturated heterocycles. The Bertz CT molecular complexity index is 298. The van der Waals surface area contributed by atoms with E-state index in [1.807, 2.05) is 19.9 Å². The number of carbonyl (C=O) groups excluding carboxylic acids is 1. The van der Waals surface area contributed by atoms with Gasteiger partial charge in [-0.1, -0.05) is 13.0 Å². The van der Waals surface area contributed by atoms with Crippen molar-refractivity contribution in [2.75, 3.05) is 13.1 Å². The highest BCUT2D eigenvalue weighted by atomic mass is 32.1. The predicted molar refractivity (Wildman–Crippen MR) is 68.8 cm³/mol. The molecule has 1 heterocycles. The van der Waals surface area contributed by atoms with Gasteiger partial charge in [0, 0.05) is 30.3 Å². The minimum absolute atomic E-state index is 0.130. The molecule has 1 unspecified atom stereocenters. The molecule has 0 aliphatic carbocycles. The molecule has 0 aliphatic rings. The first kappa shape index (κ1) is 13.2. The Morgan fingerprint density at radius 1 is 1.56 bits per heavy atom. The lowest BCUT2D eigenvalue weighted by molar-refractivity contribution is -0.121. The second kappa shape index (κ2) is 7.41. The third kappa shape index (κ3) is 5.28. The summed E-state index contributed by atoms with van der Waals surface area (Å²) in [5.41, 5.74) is 0. The van der Waals surface area contributed by atoms with Gasteiger partial charge in [-0.15, -0.1) is 11.3 Å². The van der Waals surface area contributed by atoms with Crippen molar-refractivity contribution in [3.8, 4) is 0 Å². The van der Waals surface area contributed by atoms with Crippen LogP contribution in [-0.4, -0.2) is 25.0 Å². The van der Waals surface area contributed by atoms with Gasteiger partial charge in [0.05, 0.1) is 0 Å². The number of thiophene rings is 1. The Hall–Kier alpha value is -0.870. The van der Waals surface area contributed by atoms with Gasteiger partial charge >= 0.3 is 0 Å². The number of amides is 1. The molecular formula is C12H20N2OS. The summed E-state index contributed by atoms with van der Waals surface area (Å²) in [5.74, 6) is 0.130. The van der Waals surface area contributed by atoms with E-state index in [-0.39, 0.29) is 11.9 Å². The van der Waals surface area contributed by atoms with Crippen LogP contribution in [0.1, 0.15) is 25.1 Å². The van der Waals surface area contributed by atoms with Gasteiger partial charge in [-0.3, -0.25) is 4.79 Å². The number of hydrogen-bond acceptors (Lipinski definition) is 3. The molecule has 16 heavy (non-hydrogen) atoms. The van der Waals surface area contributed by atoms with Crippen molar-refractivity contribution in [1.82, 2.24) is 10.6 Å². The van der Waals surface area contributed by atoms with E-state index in [0.717, 1.165) is 19.5 Å². The molecule has 0 aliphatic heterocycles. The highest BCUT2D eigenvalue weighted by Crippen LogP contribution is 2.10. The quantitative estimate of drug-likeness (QED) is 0.714. The molecule has 2 N–H and O–H groups in total. The fraction of sp³-hybridized carbons (Fsp3) is 0.583. The van der Waals surface area contributed by atoms with Crippen molar-refractivity contribution < 1.29 is 4.79 Å². The maximum absolute atomic E-state index is 11.5. The van der Waals surface area contributed by atoms with E-state index < -0.39 is 0 Å². The summed E-state index contributed by atoms with van der Waals surface area (Å²) in [6.45, 7) is 5.76. The fourth-order valence-electron chi connectivity index (χ4n) is 1.51. The lowest BCUT2D eigenvalue weighted by atomic mass is 10.2. The van der Waals surface area contributed by atoms with Gasteiger partial charge in [-0.05, 0) is 24.9 Å². The summed E-state index contributed by atoms with van der Waals surface area (Å²) in [7, 11) is 0. The monoisotopic (exact) mass is 240 g/mol. The lowest BCUT2D eigenvalue weighted by Gasteiger charge is -2.12. The van der Waals surface area contributed by atoms with E-state index in [4.69, 9.17) is 0 Å². The largest absolute Gasteiger partial charge is 0.353 e. The summed E-state index contributed by atoms with van der Waals surface area (Å²) >= 11 is 1.74. The number of nitrogens with one attached hydrogen (secondary N) is 2. The molecule has 4 heteroatoms. The van der Waals surface area contributed by atoms with Gasteiger partial charge in [0.1, 0.15) is 0 Å².